The van der Waals surface area contributed by atoms with Crippen molar-refractivity contribution in [2.75, 3.05) is 13.1 Å². The molecule has 1 heterocycles. The lowest BCUT2D eigenvalue weighted by molar-refractivity contribution is -0.138. The van der Waals surface area contributed by atoms with E-state index in [9.17, 15) is 4.79 Å². The summed E-state index contributed by atoms with van der Waals surface area (Å²) in [5, 5.41) is 0. The second kappa shape index (κ2) is 3.88. The summed E-state index contributed by atoms with van der Waals surface area (Å²) in [6.07, 6.45) is 0.678. The zero-order valence-corrected chi connectivity index (χ0v) is 8.59. The molecule has 1 aromatic rings. The van der Waals surface area contributed by atoms with Gasteiger partial charge in [-0.05, 0) is 5.56 Å². The standard InChI is InChI=1S/C11H11NOS/c13-11-6-7-12(11)8-10(14)9-4-2-1-3-5-9/h1-5H,6-8H2. The highest BCUT2D eigenvalue weighted by Crippen LogP contribution is 2.10. The molecule has 0 saturated carbocycles. The molecule has 1 aliphatic rings. The minimum Gasteiger partial charge on any atom is -0.337 e. The molecule has 1 fully saturated rings. The van der Waals surface area contributed by atoms with Gasteiger partial charge in [-0.1, -0.05) is 42.5 Å². The van der Waals surface area contributed by atoms with Crippen LogP contribution in [0, 0.1) is 0 Å². The highest BCUT2D eigenvalue weighted by molar-refractivity contribution is 7.80. The van der Waals surface area contributed by atoms with Gasteiger partial charge in [0.25, 0.3) is 0 Å². The highest BCUT2D eigenvalue weighted by Gasteiger charge is 2.24. The Bertz CT molecular complexity index is 361. The number of amides is 1. The Labute approximate surface area is 88.5 Å². The molecule has 2 nitrogen and oxygen atoms in total. The Hall–Kier alpha value is -1.22. The summed E-state index contributed by atoms with van der Waals surface area (Å²) in [5.41, 5.74) is 1.04. The minimum absolute atomic E-state index is 0.211. The number of likely N-dealkylation sites (tertiary alicyclic amines) is 1. The number of benzene rings is 1. The van der Waals surface area contributed by atoms with E-state index < -0.39 is 0 Å². The first-order valence-electron chi connectivity index (χ1n) is 4.63. The van der Waals surface area contributed by atoms with Gasteiger partial charge in [-0.2, -0.15) is 0 Å². The first-order chi connectivity index (χ1) is 6.77. The minimum atomic E-state index is 0.211. The van der Waals surface area contributed by atoms with Gasteiger partial charge >= 0.3 is 0 Å². The van der Waals surface area contributed by atoms with E-state index in [-0.39, 0.29) is 5.91 Å². The van der Waals surface area contributed by atoms with E-state index in [1.807, 2.05) is 30.3 Å². The summed E-state index contributed by atoms with van der Waals surface area (Å²) in [4.78, 5) is 13.7. The Morgan fingerprint density at radius 1 is 1.36 bits per heavy atom. The monoisotopic (exact) mass is 205 g/mol. The summed E-state index contributed by atoms with van der Waals surface area (Å²) in [7, 11) is 0. The number of hydrogen-bond acceptors (Lipinski definition) is 2. The second-order valence-corrected chi connectivity index (χ2v) is 3.85. The van der Waals surface area contributed by atoms with Crippen molar-refractivity contribution in [3.05, 3.63) is 35.9 Å². The summed E-state index contributed by atoms with van der Waals surface area (Å²) in [6, 6.07) is 9.83. The quantitative estimate of drug-likeness (QED) is 0.425. The molecule has 1 aromatic carbocycles. The van der Waals surface area contributed by atoms with Crippen molar-refractivity contribution in [2.24, 2.45) is 0 Å². The normalized spacial score (nSPS) is 15.1. The van der Waals surface area contributed by atoms with Crippen LogP contribution in [-0.4, -0.2) is 28.8 Å². The maximum atomic E-state index is 11.1. The van der Waals surface area contributed by atoms with Crippen molar-refractivity contribution >= 4 is 23.0 Å². The first-order valence-corrected chi connectivity index (χ1v) is 5.04. The third-order valence-corrected chi connectivity index (χ3v) is 2.74. The Kier molecular flexibility index (Phi) is 2.59. The summed E-state index contributed by atoms with van der Waals surface area (Å²) < 4.78 is 0. The van der Waals surface area contributed by atoms with Gasteiger partial charge in [0, 0.05) is 17.8 Å². The molecule has 0 spiro atoms. The van der Waals surface area contributed by atoms with Crippen molar-refractivity contribution < 1.29 is 4.79 Å². The van der Waals surface area contributed by atoms with Crippen LogP contribution >= 0.6 is 12.2 Å². The van der Waals surface area contributed by atoms with Crippen molar-refractivity contribution in [1.82, 2.24) is 4.90 Å². The molecule has 1 saturated heterocycles. The molecule has 1 amide bonds. The van der Waals surface area contributed by atoms with Crippen LogP contribution < -0.4 is 0 Å². The second-order valence-electron chi connectivity index (χ2n) is 3.35. The van der Waals surface area contributed by atoms with E-state index in [4.69, 9.17) is 12.2 Å². The van der Waals surface area contributed by atoms with E-state index in [1.54, 1.807) is 4.90 Å². The van der Waals surface area contributed by atoms with Crippen LogP contribution in [0.5, 0.6) is 0 Å². The zero-order valence-electron chi connectivity index (χ0n) is 7.77. The molecular formula is C11H11NOS. The molecule has 0 radical (unpaired) electrons. The third kappa shape index (κ3) is 1.82. The molecule has 0 bridgehead atoms. The summed E-state index contributed by atoms with van der Waals surface area (Å²) >= 11 is 5.26. The fourth-order valence-electron chi connectivity index (χ4n) is 1.42. The maximum absolute atomic E-state index is 11.1. The lowest BCUT2D eigenvalue weighted by atomic mass is 10.1. The lowest BCUT2D eigenvalue weighted by Crippen LogP contribution is -2.45. The molecular weight excluding hydrogens is 194 g/mol. The van der Waals surface area contributed by atoms with Crippen LogP contribution in [0.1, 0.15) is 12.0 Å². The average molecular weight is 205 g/mol. The molecule has 0 aliphatic carbocycles. The van der Waals surface area contributed by atoms with E-state index in [0.29, 0.717) is 13.0 Å². The SMILES string of the molecule is O=C1CCN1CC(=S)c1ccccc1. The molecule has 72 valence electrons. The molecule has 0 aromatic heterocycles. The third-order valence-electron chi connectivity index (χ3n) is 2.38. The number of carbonyl (C=O) groups is 1. The number of β-lactam (4-membered cyclic amide) rings is 1. The largest absolute Gasteiger partial charge is 0.337 e. The first kappa shape index (κ1) is 9.34. The van der Waals surface area contributed by atoms with E-state index >= 15 is 0 Å². The van der Waals surface area contributed by atoms with Gasteiger partial charge in [-0.3, -0.25) is 4.79 Å². The van der Waals surface area contributed by atoms with Gasteiger partial charge in [0.2, 0.25) is 5.91 Å². The van der Waals surface area contributed by atoms with Gasteiger partial charge in [0.1, 0.15) is 0 Å². The van der Waals surface area contributed by atoms with Crippen LogP contribution in [0.3, 0.4) is 0 Å². The van der Waals surface area contributed by atoms with Crippen LogP contribution in [0.4, 0.5) is 0 Å². The predicted molar refractivity (Wildman–Crippen MR) is 59.3 cm³/mol. The topological polar surface area (TPSA) is 20.3 Å². The number of rotatable bonds is 3. The molecule has 14 heavy (non-hydrogen) atoms. The van der Waals surface area contributed by atoms with E-state index in [0.717, 1.165) is 17.0 Å². The highest BCUT2D eigenvalue weighted by atomic mass is 32.1. The van der Waals surface area contributed by atoms with Gasteiger partial charge in [-0.15, -0.1) is 0 Å². The molecule has 2 rings (SSSR count). The van der Waals surface area contributed by atoms with Crippen LogP contribution in [0.15, 0.2) is 30.3 Å². The molecule has 3 heteroatoms. The predicted octanol–water partition coefficient (Wildman–Crippen LogP) is 1.64. The van der Waals surface area contributed by atoms with E-state index in [1.165, 1.54) is 0 Å². The van der Waals surface area contributed by atoms with Gasteiger partial charge < -0.3 is 4.90 Å². The Morgan fingerprint density at radius 2 is 2.07 bits per heavy atom. The van der Waals surface area contributed by atoms with Gasteiger partial charge in [0.05, 0.1) is 6.54 Å². The van der Waals surface area contributed by atoms with E-state index in [2.05, 4.69) is 0 Å². The fraction of sp³-hybridized carbons (Fsp3) is 0.273. The van der Waals surface area contributed by atoms with Crippen molar-refractivity contribution in [3.63, 3.8) is 0 Å². The van der Waals surface area contributed by atoms with Crippen LogP contribution in [0.25, 0.3) is 0 Å². The molecule has 0 atom stereocenters. The molecule has 1 aliphatic heterocycles. The summed E-state index contributed by atoms with van der Waals surface area (Å²) in [5.74, 6) is 0.211. The molecule has 0 unspecified atom stereocenters. The lowest BCUT2D eigenvalue weighted by Gasteiger charge is -2.30. The fourth-order valence-corrected chi connectivity index (χ4v) is 1.71. The van der Waals surface area contributed by atoms with Crippen LogP contribution in [-0.2, 0) is 4.79 Å². The zero-order chi connectivity index (χ0) is 9.97. The van der Waals surface area contributed by atoms with Crippen LogP contribution in [0.2, 0.25) is 0 Å². The average Bonchev–Trinajstić information content (AvgIpc) is 2.24. The molecule has 0 N–H and O–H groups in total. The number of carbonyl (C=O) groups excluding carboxylic acids is 1. The Morgan fingerprint density at radius 3 is 2.57 bits per heavy atom. The number of hydrogen-bond donors (Lipinski definition) is 0. The maximum Gasteiger partial charge on any atom is 0.224 e. The number of thiocarbonyl (C=S) groups is 1. The smallest absolute Gasteiger partial charge is 0.224 e. The summed E-state index contributed by atoms with van der Waals surface area (Å²) in [6.45, 7) is 1.45. The Balaban J connectivity index is 1.99. The van der Waals surface area contributed by atoms with Crippen molar-refractivity contribution in [3.8, 4) is 0 Å². The van der Waals surface area contributed by atoms with Crippen molar-refractivity contribution in [1.29, 1.82) is 0 Å². The van der Waals surface area contributed by atoms with Gasteiger partial charge in [0.15, 0.2) is 0 Å². The number of nitrogens with zero attached hydrogens (tertiary/aromatic N) is 1. The van der Waals surface area contributed by atoms with Crippen molar-refractivity contribution in [2.45, 2.75) is 6.42 Å². The van der Waals surface area contributed by atoms with Gasteiger partial charge in [-0.25, -0.2) is 0 Å².